The fraction of sp³-hybridized carbons (Fsp3) is 0.538. The Hall–Kier alpha value is -0.940. The fourth-order valence-corrected chi connectivity index (χ4v) is 2.46. The van der Waals surface area contributed by atoms with Gasteiger partial charge in [-0.15, -0.1) is 0 Å². The maximum absolute atomic E-state index is 9.43. The normalized spacial score (nSPS) is 35.4. The van der Waals surface area contributed by atoms with Gasteiger partial charge >= 0.3 is 0 Å². The molecule has 0 unspecified atom stereocenters. The predicted molar refractivity (Wildman–Crippen MR) is 60.5 cm³/mol. The monoisotopic (exact) mass is 236 g/mol. The minimum atomic E-state index is -0.639. The molecule has 92 valence electrons. The molecule has 4 nitrogen and oxygen atoms in total. The summed E-state index contributed by atoms with van der Waals surface area (Å²) in [5, 5.41) is 9.43. The Morgan fingerprint density at radius 1 is 1.35 bits per heavy atom. The molecule has 2 bridgehead atoms. The van der Waals surface area contributed by atoms with Gasteiger partial charge in [0.1, 0.15) is 17.8 Å². The molecule has 2 aliphatic rings. The van der Waals surface area contributed by atoms with Crippen LogP contribution in [0.25, 0.3) is 0 Å². The van der Waals surface area contributed by atoms with Crippen LogP contribution in [0.5, 0.6) is 0 Å². The van der Waals surface area contributed by atoms with E-state index in [1.54, 1.807) is 0 Å². The van der Waals surface area contributed by atoms with Gasteiger partial charge in [0.15, 0.2) is 0 Å². The van der Waals surface area contributed by atoms with Crippen molar-refractivity contribution in [1.82, 2.24) is 0 Å². The van der Waals surface area contributed by atoms with Gasteiger partial charge in [-0.3, -0.25) is 0 Å². The maximum atomic E-state index is 9.43. The van der Waals surface area contributed by atoms with Crippen molar-refractivity contribution in [1.29, 1.82) is 0 Å². The molecule has 0 amide bonds. The van der Waals surface area contributed by atoms with Crippen molar-refractivity contribution in [2.75, 3.05) is 19.8 Å². The van der Waals surface area contributed by atoms with Crippen LogP contribution >= 0.6 is 0 Å². The number of hydrogen-bond donors (Lipinski definition) is 1. The van der Waals surface area contributed by atoms with Crippen LogP contribution in [0.1, 0.15) is 5.56 Å². The molecular weight excluding hydrogens is 220 g/mol. The molecule has 2 aliphatic heterocycles. The summed E-state index contributed by atoms with van der Waals surface area (Å²) in [5.41, 5.74) is 0.478. The Kier molecular flexibility index (Phi) is 2.88. The Morgan fingerprint density at radius 3 is 2.82 bits per heavy atom. The van der Waals surface area contributed by atoms with Crippen molar-refractivity contribution in [3.8, 4) is 0 Å². The van der Waals surface area contributed by atoms with Crippen LogP contribution in [-0.2, 0) is 20.8 Å². The summed E-state index contributed by atoms with van der Waals surface area (Å²) in [6.07, 6.45) is -0.196. The summed E-state index contributed by atoms with van der Waals surface area (Å²) < 4.78 is 17.0. The number of fused-ring (bicyclic) bond motifs is 2. The SMILES string of the molecule is OC[C@@]12CO[C@@H](CO1)[C@@H]2OCc1ccccc1. The van der Waals surface area contributed by atoms with E-state index < -0.39 is 5.60 Å². The molecule has 2 fully saturated rings. The Bertz CT molecular complexity index is 370. The Labute approximate surface area is 100 Å². The van der Waals surface area contributed by atoms with E-state index in [0.717, 1.165) is 5.56 Å². The molecule has 4 heteroatoms. The molecule has 2 heterocycles. The van der Waals surface area contributed by atoms with Crippen LogP contribution in [0.15, 0.2) is 30.3 Å². The molecule has 1 aromatic rings. The van der Waals surface area contributed by atoms with E-state index in [0.29, 0.717) is 19.8 Å². The largest absolute Gasteiger partial charge is 0.393 e. The average Bonchev–Trinajstić information content (AvgIpc) is 2.92. The van der Waals surface area contributed by atoms with Gasteiger partial charge in [0.05, 0.1) is 26.4 Å². The zero-order valence-electron chi connectivity index (χ0n) is 9.54. The molecule has 0 aliphatic carbocycles. The van der Waals surface area contributed by atoms with E-state index in [-0.39, 0.29) is 18.8 Å². The van der Waals surface area contributed by atoms with E-state index in [2.05, 4.69) is 0 Å². The van der Waals surface area contributed by atoms with E-state index in [1.165, 1.54) is 0 Å². The smallest absolute Gasteiger partial charge is 0.143 e. The van der Waals surface area contributed by atoms with Crippen molar-refractivity contribution in [3.63, 3.8) is 0 Å². The first-order valence-corrected chi connectivity index (χ1v) is 5.86. The van der Waals surface area contributed by atoms with Gasteiger partial charge in [-0.25, -0.2) is 0 Å². The zero-order chi connectivity index (χ0) is 11.7. The molecule has 1 aromatic carbocycles. The van der Waals surface area contributed by atoms with Crippen molar-refractivity contribution in [2.45, 2.75) is 24.4 Å². The second kappa shape index (κ2) is 4.38. The molecule has 3 rings (SSSR count). The van der Waals surface area contributed by atoms with Crippen molar-refractivity contribution in [3.05, 3.63) is 35.9 Å². The predicted octanol–water partition coefficient (Wildman–Crippen LogP) is 0.732. The van der Waals surface area contributed by atoms with Gasteiger partial charge in [-0.2, -0.15) is 0 Å². The summed E-state index contributed by atoms with van der Waals surface area (Å²) in [6, 6.07) is 9.98. The Balaban J connectivity index is 1.66. The highest BCUT2D eigenvalue weighted by atomic mass is 16.7. The molecule has 17 heavy (non-hydrogen) atoms. The highest BCUT2D eigenvalue weighted by Gasteiger charge is 2.57. The third-order valence-electron chi connectivity index (χ3n) is 3.47. The lowest BCUT2D eigenvalue weighted by atomic mass is 10.0. The summed E-state index contributed by atoms with van der Waals surface area (Å²) in [4.78, 5) is 0. The number of aliphatic hydroxyl groups excluding tert-OH is 1. The summed E-state index contributed by atoms with van der Waals surface area (Å²) in [6.45, 7) is 1.41. The summed E-state index contributed by atoms with van der Waals surface area (Å²) in [5.74, 6) is 0. The summed E-state index contributed by atoms with van der Waals surface area (Å²) >= 11 is 0. The standard InChI is InChI=1S/C13H16O4/c14-8-13-9-16-11(7-17-13)12(13)15-6-10-4-2-1-3-5-10/h1-5,11-12,14H,6-9H2/t11-,12-,13-/m0/s1. The molecule has 2 saturated heterocycles. The van der Waals surface area contributed by atoms with E-state index >= 15 is 0 Å². The number of benzene rings is 1. The Morgan fingerprint density at radius 2 is 2.18 bits per heavy atom. The van der Waals surface area contributed by atoms with Crippen LogP contribution < -0.4 is 0 Å². The minimum absolute atomic E-state index is 0.0362. The third kappa shape index (κ3) is 1.87. The quantitative estimate of drug-likeness (QED) is 0.837. The highest BCUT2D eigenvalue weighted by molar-refractivity contribution is 5.14. The van der Waals surface area contributed by atoms with Gasteiger partial charge in [0.25, 0.3) is 0 Å². The highest BCUT2D eigenvalue weighted by Crippen LogP contribution is 2.37. The van der Waals surface area contributed by atoms with Gasteiger partial charge < -0.3 is 19.3 Å². The first-order valence-electron chi connectivity index (χ1n) is 5.86. The number of aliphatic hydroxyl groups is 1. The summed E-state index contributed by atoms with van der Waals surface area (Å²) in [7, 11) is 0. The maximum Gasteiger partial charge on any atom is 0.143 e. The number of ether oxygens (including phenoxy) is 3. The van der Waals surface area contributed by atoms with Gasteiger partial charge in [-0.1, -0.05) is 30.3 Å². The first-order chi connectivity index (χ1) is 8.34. The second-order valence-corrected chi connectivity index (χ2v) is 4.60. The minimum Gasteiger partial charge on any atom is -0.393 e. The van der Waals surface area contributed by atoms with Crippen molar-refractivity contribution < 1.29 is 19.3 Å². The second-order valence-electron chi connectivity index (χ2n) is 4.60. The molecular formula is C13H16O4. The van der Waals surface area contributed by atoms with Crippen LogP contribution in [-0.4, -0.2) is 42.7 Å². The molecule has 3 atom stereocenters. The van der Waals surface area contributed by atoms with Crippen LogP contribution in [0.4, 0.5) is 0 Å². The molecule has 0 radical (unpaired) electrons. The lowest BCUT2D eigenvalue weighted by Crippen LogP contribution is -2.45. The van der Waals surface area contributed by atoms with Gasteiger partial charge in [0, 0.05) is 0 Å². The molecule has 0 aromatic heterocycles. The van der Waals surface area contributed by atoms with Crippen LogP contribution in [0, 0.1) is 0 Å². The average molecular weight is 236 g/mol. The van der Waals surface area contributed by atoms with Crippen molar-refractivity contribution in [2.24, 2.45) is 0 Å². The van der Waals surface area contributed by atoms with E-state index in [1.807, 2.05) is 30.3 Å². The van der Waals surface area contributed by atoms with Gasteiger partial charge in [-0.05, 0) is 5.56 Å². The molecule has 0 spiro atoms. The van der Waals surface area contributed by atoms with Crippen molar-refractivity contribution >= 4 is 0 Å². The van der Waals surface area contributed by atoms with Crippen LogP contribution in [0.2, 0.25) is 0 Å². The van der Waals surface area contributed by atoms with Gasteiger partial charge in [0.2, 0.25) is 0 Å². The van der Waals surface area contributed by atoms with Crippen LogP contribution in [0.3, 0.4) is 0 Å². The van der Waals surface area contributed by atoms with E-state index in [9.17, 15) is 5.11 Å². The topological polar surface area (TPSA) is 47.9 Å². The van der Waals surface area contributed by atoms with E-state index in [4.69, 9.17) is 14.2 Å². The number of rotatable bonds is 4. The third-order valence-corrected chi connectivity index (χ3v) is 3.47. The lowest BCUT2D eigenvalue weighted by molar-refractivity contribution is -0.129. The zero-order valence-corrected chi connectivity index (χ0v) is 9.54. The number of hydrogen-bond acceptors (Lipinski definition) is 4. The lowest BCUT2D eigenvalue weighted by Gasteiger charge is -2.26. The first kappa shape index (κ1) is 11.2. The molecule has 1 N–H and O–H groups in total. The fourth-order valence-electron chi connectivity index (χ4n) is 2.46. The molecule has 0 saturated carbocycles.